The lowest BCUT2D eigenvalue weighted by Crippen LogP contribution is -2.51. The number of aliphatic hydroxyl groups excluding tert-OH is 4. The lowest BCUT2D eigenvalue weighted by atomic mass is 10.0. The Hall–Kier alpha value is -1.02. The molecule has 21 heavy (non-hydrogen) atoms. The Kier molecular flexibility index (Phi) is 11.1. The highest BCUT2D eigenvalue weighted by Gasteiger charge is 2.33. The van der Waals surface area contributed by atoms with Crippen LogP contribution in [0.15, 0.2) is 0 Å². The number of carbonyl (C=O) groups is 2. The maximum Gasteiger partial charge on any atom is 0.251 e. The molecule has 7 nitrogen and oxygen atoms in total. The van der Waals surface area contributed by atoms with Crippen molar-refractivity contribution in [2.45, 2.75) is 69.9 Å². The van der Waals surface area contributed by atoms with Crippen LogP contribution in [0, 0.1) is 0 Å². The van der Waals surface area contributed by atoms with Crippen LogP contribution in [0.2, 0.25) is 0 Å². The molecule has 0 aromatic heterocycles. The van der Waals surface area contributed by atoms with E-state index in [1.54, 1.807) is 0 Å². The number of aldehydes is 1. The highest BCUT2D eigenvalue weighted by Crippen LogP contribution is 2.06. The summed E-state index contributed by atoms with van der Waals surface area (Å²) >= 11 is 0. The Morgan fingerprint density at radius 3 is 2.14 bits per heavy atom. The van der Waals surface area contributed by atoms with Gasteiger partial charge in [0.15, 0.2) is 12.4 Å². The van der Waals surface area contributed by atoms with Crippen LogP contribution in [-0.2, 0) is 9.59 Å². The molecule has 0 saturated carbocycles. The molecule has 0 rings (SSSR count). The molecule has 0 unspecified atom stereocenters. The predicted molar refractivity (Wildman–Crippen MR) is 76.5 cm³/mol. The molecule has 0 aliphatic carbocycles. The van der Waals surface area contributed by atoms with Gasteiger partial charge in [-0.15, -0.1) is 0 Å². The largest absolute Gasteiger partial charge is 0.387 e. The molecular formula is C14H27NO6. The third-order valence-corrected chi connectivity index (χ3v) is 3.26. The van der Waals surface area contributed by atoms with Crippen LogP contribution in [0.25, 0.3) is 0 Å². The lowest BCUT2D eigenvalue weighted by molar-refractivity contribution is -0.149. The Morgan fingerprint density at radius 1 is 1.00 bits per heavy atom. The molecule has 7 heteroatoms. The van der Waals surface area contributed by atoms with E-state index in [2.05, 4.69) is 12.2 Å². The van der Waals surface area contributed by atoms with Gasteiger partial charge in [-0.05, 0) is 6.42 Å². The minimum Gasteiger partial charge on any atom is -0.387 e. The van der Waals surface area contributed by atoms with Crippen molar-refractivity contribution in [1.82, 2.24) is 5.32 Å². The second kappa shape index (κ2) is 11.6. The number of nitrogens with one attached hydrogen (secondary N) is 1. The number of rotatable bonds is 12. The summed E-state index contributed by atoms with van der Waals surface area (Å²) in [6.45, 7) is 2.49. The summed E-state index contributed by atoms with van der Waals surface area (Å²) in [4.78, 5) is 21.8. The number of carbonyl (C=O) groups excluding carboxylic acids is 2. The quantitative estimate of drug-likeness (QED) is 0.235. The van der Waals surface area contributed by atoms with Crippen molar-refractivity contribution >= 4 is 12.2 Å². The van der Waals surface area contributed by atoms with E-state index >= 15 is 0 Å². The predicted octanol–water partition coefficient (Wildman–Crippen LogP) is -0.894. The van der Waals surface area contributed by atoms with Crippen molar-refractivity contribution in [3.05, 3.63) is 0 Å². The summed E-state index contributed by atoms with van der Waals surface area (Å²) in [7, 11) is 0. The molecule has 1 amide bonds. The normalized spacial score (nSPS) is 16.8. The van der Waals surface area contributed by atoms with Crippen molar-refractivity contribution < 1.29 is 30.0 Å². The first kappa shape index (κ1) is 20.0. The maximum absolute atomic E-state index is 11.5. The van der Waals surface area contributed by atoms with E-state index in [-0.39, 0.29) is 6.29 Å². The first-order valence-corrected chi connectivity index (χ1v) is 7.41. The Balaban J connectivity index is 3.91. The highest BCUT2D eigenvalue weighted by molar-refractivity contribution is 5.81. The number of aliphatic hydroxyl groups is 4. The van der Waals surface area contributed by atoms with E-state index in [9.17, 15) is 24.9 Å². The minimum atomic E-state index is -1.92. The van der Waals surface area contributed by atoms with Crippen LogP contribution in [-0.4, -0.2) is 63.6 Å². The molecule has 0 aromatic carbocycles. The average molecular weight is 305 g/mol. The van der Waals surface area contributed by atoms with Crippen molar-refractivity contribution in [3.63, 3.8) is 0 Å². The summed E-state index contributed by atoms with van der Waals surface area (Å²) in [6.07, 6.45) is -1.23. The van der Waals surface area contributed by atoms with Crippen molar-refractivity contribution in [2.24, 2.45) is 0 Å². The van der Waals surface area contributed by atoms with Gasteiger partial charge >= 0.3 is 0 Å². The van der Waals surface area contributed by atoms with Gasteiger partial charge in [0.05, 0.1) is 0 Å². The summed E-state index contributed by atoms with van der Waals surface area (Å²) in [6, 6.07) is 0. The topological polar surface area (TPSA) is 127 Å². The van der Waals surface area contributed by atoms with Gasteiger partial charge in [-0.2, -0.15) is 0 Å². The van der Waals surface area contributed by atoms with Gasteiger partial charge in [-0.1, -0.05) is 39.0 Å². The van der Waals surface area contributed by atoms with Gasteiger partial charge in [0.1, 0.15) is 18.3 Å². The van der Waals surface area contributed by atoms with Gasteiger partial charge in [0.2, 0.25) is 0 Å². The Morgan fingerprint density at radius 2 is 1.57 bits per heavy atom. The fourth-order valence-corrected chi connectivity index (χ4v) is 1.85. The Labute approximate surface area is 125 Å². The molecule has 124 valence electrons. The van der Waals surface area contributed by atoms with Crippen LogP contribution in [0.5, 0.6) is 0 Å². The van der Waals surface area contributed by atoms with Crippen LogP contribution >= 0.6 is 0 Å². The van der Waals surface area contributed by atoms with Gasteiger partial charge in [-0.25, -0.2) is 0 Å². The molecule has 0 spiro atoms. The molecule has 0 aliphatic rings. The van der Waals surface area contributed by atoms with Crippen LogP contribution < -0.4 is 5.32 Å². The van der Waals surface area contributed by atoms with E-state index in [0.717, 1.165) is 32.1 Å². The van der Waals surface area contributed by atoms with E-state index in [4.69, 9.17) is 5.11 Å². The summed E-state index contributed by atoms with van der Waals surface area (Å²) in [5.74, 6) is -0.840. The zero-order chi connectivity index (χ0) is 16.3. The van der Waals surface area contributed by atoms with Crippen molar-refractivity contribution in [2.75, 3.05) is 6.54 Å². The SMILES string of the molecule is CCCCCCCCNC(=O)[C@@H](O)[C@@H](O)[C@H](O)[C@@H](O)C=O. The zero-order valence-corrected chi connectivity index (χ0v) is 12.4. The first-order valence-electron chi connectivity index (χ1n) is 7.41. The van der Waals surface area contributed by atoms with Crippen LogP contribution in [0.4, 0.5) is 0 Å². The molecule has 0 radical (unpaired) electrons. The molecule has 0 heterocycles. The van der Waals surface area contributed by atoms with E-state index in [1.165, 1.54) is 6.42 Å². The van der Waals surface area contributed by atoms with Gasteiger partial charge in [0, 0.05) is 6.54 Å². The summed E-state index contributed by atoms with van der Waals surface area (Å²) < 4.78 is 0. The Bertz CT molecular complexity index is 299. The molecule has 0 aromatic rings. The standard InChI is InChI=1S/C14H27NO6/c1-2-3-4-5-6-7-8-15-14(21)13(20)12(19)11(18)10(17)9-16/h9-13,17-20H,2-8H2,1H3,(H,15,21)/t10-,11+,12-,13-/m0/s1. The minimum absolute atomic E-state index is 0.0226. The van der Waals surface area contributed by atoms with E-state index < -0.39 is 30.3 Å². The van der Waals surface area contributed by atoms with E-state index in [1.807, 2.05) is 0 Å². The highest BCUT2D eigenvalue weighted by atomic mass is 16.4. The summed E-state index contributed by atoms with van der Waals surface area (Å²) in [5.41, 5.74) is 0. The molecule has 0 fully saturated rings. The van der Waals surface area contributed by atoms with Crippen LogP contribution in [0.1, 0.15) is 45.4 Å². The number of hydrogen-bond donors (Lipinski definition) is 5. The third-order valence-electron chi connectivity index (χ3n) is 3.26. The smallest absolute Gasteiger partial charge is 0.251 e. The number of hydrogen-bond acceptors (Lipinski definition) is 6. The average Bonchev–Trinajstić information content (AvgIpc) is 2.50. The second-order valence-electron chi connectivity index (χ2n) is 5.11. The molecule has 0 saturated heterocycles. The summed E-state index contributed by atoms with van der Waals surface area (Å²) in [5, 5.41) is 39.8. The molecular weight excluding hydrogens is 278 g/mol. The third kappa shape index (κ3) is 8.11. The van der Waals surface area contributed by atoms with E-state index in [0.29, 0.717) is 6.54 Å². The first-order chi connectivity index (χ1) is 9.95. The zero-order valence-electron chi connectivity index (χ0n) is 12.4. The van der Waals surface area contributed by atoms with Crippen molar-refractivity contribution in [1.29, 1.82) is 0 Å². The number of unbranched alkanes of at least 4 members (excludes halogenated alkanes) is 5. The fraction of sp³-hybridized carbons (Fsp3) is 0.857. The van der Waals surface area contributed by atoms with Gasteiger partial charge < -0.3 is 30.5 Å². The molecule has 0 aliphatic heterocycles. The fourth-order valence-electron chi connectivity index (χ4n) is 1.85. The molecule has 4 atom stereocenters. The molecule has 0 bridgehead atoms. The van der Waals surface area contributed by atoms with Crippen LogP contribution in [0.3, 0.4) is 0 Å². The number of amides is 1. The van der Waals surface area contributed by atoms with Crippen molar-refractivity contribution in [3.8, 4) is 0 Å². The van der Waals surface area contributed by atoms with Gasteiger partial charge in [-0.3, -0.25) is 4.79 Å². The molecule has 5 N–H and O–H groups in total. The monoisotopic (exact) mass is 305 g/mol. The lowest BCUT2D eigenvalue weighted by Gasteiger charge is -2.23. The maximum atomic E-state index is 11.5. The van der Waals surface area contributed by atoms with Gasteiger partial charge in [0.25, 0.3) is 5.91 Å². The second-order valence-corrected chi connectivity index (χ2v) is 5.11.